The molecule has 29 heavy (non-hydrogen) atoms. The second-order valence-electron chi connectivity index (χ2n) is 6.88. The van der Waals surface area contributed by atoms with Gasteiger partial charge < -0.3 is 9.30 Å². The molecular formula is C22H24FN3O3. The summed E-state index contributed by atoms with van der Waals surface area (Å²) in [7, 11) is 1.67. The average Bonchev–Trinajstić information content (AvgIpc) is 3.15. The van der Waals surface area contributed by atoms with Gasteiger partial charge in [0.2, 0.25) is 0 Å². The van der Waals surface area contributed by atoms with E-state index in [1.165, 1.54) is 24.3 Å². The Labute approximate surface area is 169 Å². The summed E-state index contributed by atoms with van der Waals surface area (Å²) < 4.78 is 20.5. The van der Waals surface area contributed by atoms with Gasteiger partial charge in [0.25, 0.3) is 5.69 Å². The van der Waals surface area contributed by atoms with Crippen molar-refractivity contribution in [3.05, 3.63) is 99.6 Å². The molecule has 0 fully saturated rings. The van der Waals surface area contributed by atoms with E-state index in [2.05, 4.69) is 15.5 Å². The molecule has 1 heterocycles. The van der Waals surface area contributed by atoms with Crippen LogP contribution in [0.25, 0.3) is 0 Å². The molecule has 7 heteroatoms. The minimum Gasteiger partial charge on any atom is -0.383 e. The molecule has 2 aromatic carbocycles. The van der Waals surface area contributed by atoms with Gasteiger partial charge in [0.05, 0.1) is 11.5 Å². The molecule has 0 N–H and O–H groups in total. The molecule has 3 rings (SSSR count). The summed E-state index contributed by atoms with van der Waals surface area (Å²) >= 11 is 0. The summed E-state index contributed by atoms with van der Waals surface area (Å²) in [6, 6.07) is 17.2. The first-order valence-corrected chi connectivity index (χ1v) is 9.38. The van der Waals surface area contributed by atoms with Crippen LogP contribution in [0.5, 0.6) is 0 Å². The van der Waals surface area contributed by atoms with Crippen molar-refractivity contribution in [2.45, 2.75) is 19.6 Å². The van der Waals surface area contributed by atoms with Gasteiger partial charge >= 0.3 is 0 Å². The highest BCUT2D eigenvalue weighted by Crippen LogP contribution is 2.16. The number of aromatic nitrogens is 1. The smallest absolute Gasteiger partial charge is 0.269 e. The lowest BCUT2D eigenvalue weighted by Crippen LogP contribution is -2.27. The number of halogens is 1. The van der Waals surface area contributed by atoms with E-state index in [0.717, 1.165) is 23.4 Å². The molecule has 3 aromatic rings. The number of ether oxygens (including phenoxy) is 1. The number of nitro groups is 1. The Kier molecular flexibility index (Phi) is 7.10. The molecule has 152 valence electrons. The molecular weight excluding hydrogens is 373 g/mol. The van der Waals surface area contributed by atoms with Crippen LogP contribution in [0.3, 0.4) is 0 Å². The van der Waals surface area contributed by atoms with Gasteiger partial charge in [-0.1, -0.05) is 24.3 Å². The number of hydrogen-bond donors (Lipinski definition) is 0. The van der Waals surface area contributed by atoms with E-state index in [9.17, 15) is 14.5 Å². The Bertz CT molecular complexity index is 923. The lowest BCUT2D eigenvalue weighted by Gasteiger charge is -2.23. The monoisotopic (exact) mass is 397 g/mol. The van der Waals surface area contributed by atoms with Crippen molar-refractivity contribution in [1.29, 1.82) is 0 Å². The number of nitrogens with zero attached hydrogens (tertiary/aromatic N) is 3. The SMILES string of the molecule is COCCN(Cc1ccc([N+](=O)[O-])cc1)Cc1cccn1Cc1ccc(F)cc1. The number of non-ortho nitro benzene ring substituents is 1. The summed E-state index contributed by atoms with van der Waals surface area (Å²) in [4.78, 5) is 12.7. The van der Waals surface area contributed by atoms with Crippen LogP contribution in [0.2, 0.25) is 0 Å². The maximum Gasteiger partial charge on any atom is 0.269 e. The van der Waals surface area contributed by atoms with Crippen LogP contribution in [-0.4, -0.2) is 34.7 Å². The van der Waals surface area contributed by atoms with Gasteiger partial charge in [0.15, 0.2) is 0 Å². The minimum absolute atomic E-state index is 0.0883. The predicted molar refractivity (Wildman–Crippen MR) is 109 cm³/mol. The quantitative estimate of drug-likeness (QED) is 0.379. The molecule has 0 spiro atoms. The fourth-order valence-electron chi connectivity index (χ4n) is 3.18. The van der Waals surface area contributed by atoms with E-state index in [0.29, 0.717) is 26.2 Å². The van der Waals surface area contributed by atoms with E-state index in [1.54, 1.807) is 31.4 Å². The molecule has 0 aliphatic rings. The summed E-state index contributed by atoms with van der Waals surface area (Å²) in [5, 5.41) is 10.8. The standard InChI is InChI=1S/C22H24FN3O3/c1-29-14-13-24(15-18-6-10-21(11-7-18)26(27)28)17-22-3-2-12-25(22)16-19-4-8-20(23)9-5-19/h2-12H,13-17H2,1H3. The zero-order chi connectivity index (χ0) is 20.6. The number of methoxy groups -OCH3 is 1. The van der Waals surface area contributed by atoms with Gasteiger partial charge in [0.1, 0.15) is 5.82 Å². The normalized spacial score (nSPS) is 11.1. The van der Waals surface area contributed by atoms with Gasteiger partial charge in [-0.2, -0.15) is 0 Å². The van der Waals surface area contributed by atoms with E-state index >= 15 is 0 Å². The third-order valence-electron chi connectivity index (χ3n) is 4.74. The van der Waals surface area contributed by atoms with Gasteiger partial charge in [-0.15, -0.1) is 0 Å². The van der Waals surface area contributed by atoms with E-state index < -0.39 is 4.92 Å². The van der Waals surface area contributed by atoms with Crippen LogP contribution >= 0.6 is 0 Å². The second kappa shape index (κ2) is 9.95. The fraction of sp³-hybridized carbons (Fsp3) is 0.273. The van der Waals surface area contributed by atoms with Gasteiger partial charge in [-0.25, -0.2) is 4.39 Å². The highest BCUT2D eigenvalue weighted by Gasteiger charge is 2.12. The van der Waals surface area contributed by atoms with Crippen molar-refractivity contribution < 1.29 is 14.1 Å². The molecule has 0 radical (unpaired) electrons. The van der Waals surface area contributed by atoms with Crippen molar-refractivity contribution in [1.82, 2.24) is 9.47 Å². The molecule has 0 aliphatic carbocycles. The third-order valence-corrected chi connectivity index (χ3v) is 4.74. The Morgan fingerprint density at radius 3 is 2.38 bits per heavy atom. The molecule has 0 saturated heterocycles. The topological polar surface area (TPSA) is 60.5 Å². The second-order valence-corrected chi connectivity index (χ2v) is 6.88. The van der Waals surface area contributed by atoms with Crippen molar-refractivity contribution in [2.75, 3.05) is 20.3 Å². The zero-order valence-corrected chi connectivity index (χ0v) is 16.3. The van der Waals surface area contributed by atoms with Crippen LogP contribution in [0.15, 0.2) is 66.9 Å². The van der Waals surface area contributed by atoms with Gasteiger partial charge in [-0.05, 0) is 35.4 Å². The molecule has 0 unspecified atom stereocenters. The van der Waals surface area contributed by atoms with Crippen LogP contribution in [0.4, 0.5) is 10.1 Å². The van der Waals surface area contributed by atoms with Crippen molar-refractivity contribution in [3.8, 4) is 0 Å². The van der Waals surface area contributed by atoms with Gasteiger partial charge in [-0.3, -0.25) is 15.0 Å². The van der Waals surface area contributed by atoms with Crippen LogP contribution in [-0.2, 0) is 24.4 Å². The predicted octanol–water partition coefficient (Wildman–Crippen LogP) is 4.23. The zero-order valence-electron chi connectivity index (χ0n) is 16.3. The Morgan fingerprint density at radius 2 is 1.72 bits per heavy atom. The summed E-state index contributed by atoms with van der Waals surface area (Å²) in [6.45, 7) is 3.34. The van der Waals surface area contributed by atoms with Crippen molar-refractivity contribution in [3.63, 3.8) is 0 Å². The first-order valence-electron chi connectivity index (χ1n) is 9.38. The van der Waals surface area contributed by atoms with E-state index in [4.69, 9.17) is 4.74 Å². The number of hydrogen-bond acceptors (Lipinski definition) is 4. The average molecular weight is 397 g/mol. The lowest BCUT2D eigenvalue weighted by atomic mass is 10.2. The lowest BCUT2D eigenvalue weighted by molar-refractivity contribution is -0.384. The maximum atomic E-state index is 13.1. The van der Waals surface area contributed by atoms with Gasteiger partial charge in [0, 0.05) is 57.3 Å². The maximum absolute atomic E-state index is 13.1. The van der Waals surface area contributed by atoms with Crippen LogP contribution in [0.1, 0.15) is 16.8 Å². The Balaban J connectivity index is 1.70. The molecule has 0 aliphatic heterocycles. The first-order chi connectivity index (χ1) is 14.0. The number of benzene rings is 2. The Morgan fingerprint density at radius 1 is 1.03 bits per heavy atom. The fourth-order valence-corrected chi connectivity index (χ4v) is 3.18. The van der Waals surface area contributed by atoms with Crippen molar-refractivity contribution in [2.24, 2.45) is 0 Å². The largest absolute Gasteiger partial charge is 0.383 e. The Hall–Kier alpha value is -3.03. The summed E-state index contributed by atoms with van der Waals surface area (Å²) in [5.41, 5.74) is 3.25. The third kappa shape index (κ3) is 5.97. The summed E-state index contributed by atoms with van der Waals surface area (Å²) in [6.07, 6.45) is 2.01. The van der Waals surface area contributed by atoms with E-state index in [-0.39, 0.29) is 11.5 Å². The molecule has 1 aromatic heterocycles. The summed E-state index contributed by atoms with van der Waals surface area (Å²) in [5.74, 6) is -0.240. The first kappa shape index (κ1) is 20.7. The molecule has 0 amide bonds. The minimum atomic E-state index is -0.394. The highest BCUT2D eigenvalue weighted by atomic mass is 19.1. The van der Waals surface area contributed by atoms with Crippen molar-refractivity contribution >= 4 is 5.69 Å². The van der Waals surface area contributed by atoms with Crippen LogP contribution in [0, 0.1) is 15.9 Å². The molecule has 6 nitrogen and oxygen atoms in total. The van der Waals surface area contributed by atoms with E-state index in [1.807, 2.05) is 12.3 Å². The molecule has 0 atom stereocenters. The van der Waals surface area contributed by atoms with Crippen LogP contribution < -0.4 is 0 Å². The molecule has 0 bridgehead atoms. The number of rotatable bonds is 10. The number of nitro benzene ring substituents is 1. The highest BCUT2D eigenvalue weighted by molar-refractivity contribution is 5.32. The molecule has 0 saturated carbocycles.